The molecule has 112 valence electrons. The molecule has 0 radical (unpaired) electrons. The Hall–Kier alpha value is -0.850. The van der Waals surface area contributed by atoms with Gasteiger partial charge in [0.25, 0.3) is 0 Å². The maximum Gasteiger partial charge on any atom is 0.309 e. The predicted molar refractivity (Wildman–Crippen MR) is 54.5 cm³/mol. The van der Waals surface area contributed by atoms with Crippen molar-refractivity contribution in [1.29, 1.82) is 0 Å². The zero-order valence-corrected chi connectivity index (χ0v) is 10.5. The van der Waals surface area contributed by atoms with Crippen molar-refractivity contribution in [1.82, 2.24) is 10.8 Å². The number of esters is 1. The van der Waals surface area contributed by atoms with Gasteiger partial charge in [0.1, 0.15) is 12.2 Å². The highest BCUT2D eigenvalue weighted by Crippen LogP contribution is 2.32. The Morgan fingerprint density at radius 2 is 1.47 bits per heavy atom. The van der Waals surface area contributed by atoms with Crippen molar-refractivity contribution >= 4 is 5.97 Å². The highest BCUT2D eigenvalue weighted by molar-refractivity contribution is 5.73. The van der Waals surface area contributed by atoms with Crippen molar-refractivity contribution in [3.05, 3.63) is 0 Å². The summed E-state index contributed by atoms with van der Waals surface area (Å²) in [5.74, 6) is -1.09. The van der Waals surface area contributed by atoms with Crippen molar-refractivity contribution in [3.63, 3.8) is 0 Å². The molecule has 4 N–H and O–H groups in total. The minimum absolute atomic E-state index is 0.0850. The molecule has 10 nitrogen and oxygen atoms in total. The fourth-order valence-corrected chi connectivity index (χ4v) is 1.95. The second-order valence-corrected chi connectivity index (χ2v) is 4.45. The van der Waals surface area contributed by atoms with Crippen LogP contribution in [0.3, 0.4) is 0 Å². The van der Waals surface area contributed by atoms with E-state index in [-0.39, 0.29) is 18.9 Å². The van der Waals surface area contributed by atoms with E-state index in [2.05, 4.69) is 9.68 Å². The van der Waals surface area contributed by atoms with Gasteiger partial charge < -0.3 is 4.74 Å². The van der Waals surface area contributed by atoms with Gasteiger partial charge in [-0.05, 0) is 26.7 Å². The molecule has 0 bridgehead atoms. The van der Waals surface area contributed by atoms with Gasteiger partial charge in [0.05, 0.1) is 22.8 Å². The van der Waals surface area contributed by atoms with Gasteiger partial charge >= 0.3 is 5.97 Å². The maximum atomic E-state index is 11.7. The van der Waals surface area contributed by atoms with Crippen LogP contribution in [0, 0.1) is 5.92 Å². The highest BCUT2D eigenvalue weighted by atomic mass is 17.1. The first-order valence-electron chi connectivity index (χ1n) is 5.69. The van der Waals surface area contributed by atoms with Gasteiger partial charge in [0, 0.05) is 0 Å². The van der Waals surface area contributed by atoms with Gasteiger partial charge in [-0.25, -0.2) is 9.68 Å². The first-order chi connectivity index (χ1) is 8.79. The van der Waals surface area contributed by atoms with E-state index in [1.54, 1.807) is 13.8 Å². The number of hydrogen-bond donors (Lipinski definition) is 4. The largest absolute Gasteiger partial charge is 0.463 e. The van der Waals surface area contributed by atoms with Crippen LogP contribution in [0.15, 0.2) is 0 Å². The molecule has 1 aliphatic carbocycles. The standard InChI is InChI=1S/C9H18N2O8/c1-5(2)17-9(12)6-3-7(18-10(13)14)8(4-6)19-11(15)16/h5-8,13-16H,3-4H2,1-2H3. The summed E-state index contributed by atoms with van der Waals surface area (Å²) in [7, 11) is 0. The number of rotatable bonds is 6. The van der Waals surface area contributed by atoms with Gasteiger partial charge in [-0.2, -0.15) is 0 Å². The first kappa shape index (κ1) is 16.2. The lowest BCUT2D eigenvalue weighted by Gasteiger charge is -2.20. The SMILES string of the molecule is CC(C)OC(=O)C1CC(ON(O)O)C(ON(O)O)C1. The van der Waals surface area contributed by atoms with E-state index in [0.29, 0.717) is 0 Å². The summed E-state index contributed by atoms with van der Waals surface area (Å²) in [6.45, 7) is 3.39. The maximum absolute atomic E-state index is 11.7. The summed E-state index contributed by atoms with van der Waals surface area (Å²) < 4.78 is 5.01. The minimum Gasteiger partial charge on any atom is -0.463 e. The highest BCUT2D eigenvalue weighted by Gasteiger charge is 2.43. The van der Waals surface area contributed by atoms with Crippen molar-refractivity contribution in [3.8, 4) is 0 Å². The van der Waals surface area contributed by atoms with Gasteiger partial charge in [0.15, 0.2) is 0 Å². The Kier molecular flexibility index (Phi) is 6.03. The number of hydrogen-bond acceptors (Lipinski definition) is 10. The van der Waals surface area contributed by atoms with E-state index in [1.807, 2.05) is 0 Å². The molecule has 1 saturated carbocycles. The minimum atomic E-state index is -0.943. The number of nitrogens with zero attached hydrogens (tertiary/aromatic N) is 2. The van der Waals surface area contributed by atoms with E-state index >= 15 is 0 Å². The van der Waals surface area contributed by atoms with Crippen LogP contribution in [0.4, 0.5) is 0 Å². The second-order valence-electron chi connectivity index (χ2n) is 4.45. The van der Waals surface area contributed by atoms with Crippen LogP contribution < -0.4 is 0 Å². The number of ether oxygens (including phenoxy) is 1. The zero-order valence-electron chi connectivity index (χ0n) is 10.5. The average Bonchev–Trinajstić information content (AvgIpc) is 2.58. The monoisotopic (exact) mass is 282 g/mol. The van der Waals surface area contributed by atoms with E-state index in [0.717, 1.165) is 0 Å². The normalized spacial score (nSPS) is 27.5. The van der Waals surface area contributed by atoms with Crippen molar-refractivity contribution in [2.24, 2.45) is 5.92 Å². The molecule has 0 aliphatic heterocycles. The molecular weight excluding hydrogens is 264 g/mol. The molecule has 2 unspecified atom stereocenters. The Morgan fingerprint density at radius 1 is 1.05 bits per heavy atom. The molecule has 0 aromatic heterocycles. The molecule has 1 fully saturated rings. The van der Waals surface area contributed by atoms with Crippen LogP contribution >= 0.6 is 0 Å². The Morgan fingerprint density at radius 3 is 1.79 bits per heavy atom. The molecule has 0 heterocycles. The lowest BCUT2D eigenvalue weighted by molar-refractivity contribution is -0.535. The number of carbonyl (C=O) groups is 1. The quantitative estimate of drug-likeness (QED) is 0.393. The molecule has 19 heavy (non-hydrogen) atoms. The Balaban J connectivity index is 2.62. The molecule has 0 aromatic carbocycles. The molecule has 2 atom stereocenters. The second kappa shape index (κ2) is 7.07. The Labute approximate surface area is 109 Å². The van der Waals surface area contributed by atoms with Crippen molar-refractivity contribution in [2.75, 3.05) is 0 Å². The van der Waals surface area contributed by atoms with Crippen molar-refractivity contribution < 1.29 is 40.0 Å². The van der Waals surface area contributed by atoms with Crippen LogP contribution in [0.2, 0.25) is 0 Å². The summed E-state index contributed by atoms with van der Waals surface area (Å²) in [5.41, 5.74) is 0. The molecule has 1 aliphatic rings. The lowest BCUT2D eigenvalue weighted by Crippen LogP contribution is -2.35. The summed E-state index contributed by atoms with van der Waals surface area (Å²) >= 11 is 0. The summed E-state index contributed by atoms with van der Waals surface area (Å²) in [5, 5.41) is 33.3. The van der Waals surface area contributed by atoms with Crippen LogP contribution in [0.5, 0.6) is 0 Å². The molecule has 10 heteroatoms. The van der Waals surface area contributed by atoms with Crippen molar-refractivity contribution in [2.45, 2.75) is 45.0 Å². The van der Waals surface area contributed by atoms with E-state index < -0.39 is 34.9 Å². The zero-order chi connectivity index (χ0) is 14.6. The lowest BCUT2D eigenvalue weighted by atomic mass is 10.1. The van der Waals surface area contributed by atoms with Crippen LogP contribution in [0.25, 0.3) is 0 Å². The van der Waals surface area contributed by atoms with Crippen LogP contribution in [-0.4, -0.2) is 55.9 Å². The van der Waals surface area contributed by atoms with Gasteiger partial charge in [-0.1, -0.05) is 0 Å². The first-order valence-corrected chi connectivity index (χ1v) is 5.69. The molecule has 0 saturated heterocycles. The Bertz CT molecular complexity index is 280. The van der Waals surface area contributed by atoms with Gasteiger partial charge in [0.2, 0.25) is 0 Å². The molecular formula is C9H18N2O8. The van der Waals surface area contributed by atoms with Crippen LogP contribution in [-0.2, 0) is 19.2 Å². The fraction of sp³-hybridized carbons (Fsp3) is 0.889. The summed E-state index contributed by atoms with van der Waals surface area (Å²) in [4.78, 5) is 20.9. The fourth-order valence-electron chi connectivity index (χ4n) is 1.95. The third-order valence-corrected chi connectivity index (χ3v) is 2.59. The molecule has 0 aromatic rings. The molecule has 0 spiro atoms. The topological polar surface area (TPSA) is 132 Å². The summed E-state index contributed by atoms with van der Waals surface area (Å²) in [6, 6.07) is 0. The van der Waals surface area contributed by atoms with Gasteiger partial charge in [-0.15, -0.1) is 0 Å². The average molecular weight is 282 g/mol. The number of carbonyl (C=O) groups excluding carboxylic acids is 1. The smallest absolute Gasteiger partial charge is 0.309 e. The third-order valence-electron chi connectivity index (χ3n) is 2.59. The molecule has 1 rings (SSSR count). The van der Waals surface area contributed by atoms with E-state index in [4.69, 9.17) is 25.6 Å². The predicted octanol–water partition coefficient (Wildman–Crippen LogP) is 0.109. The van der Waals surface area contributed by atoms with E-state index in [1.165, 1.54) is 0 Å². The van der Waals surface area contributed by atoms with E-state index in [9.17, 15) is 4.79 Å². The van der Waals surface area contributed by atoms with Crippen LogP contribution in [0.1, 0.15) is 26.7 Å². The van der Waals surface area contributed by atoms with Gasteiger partial charge in [-0.3, -0.25) is 25.6 Å². The molecule has 0 amide bonds. The summed E-state index contributed by atoms with van der Waals surface area (Å²) in [6.07, 6.45) is -2.00. The third kappa shape index (κ3) is 5.34.